The van der Waals surface area contributed by atoms with Crippen LogP contribution < -0.4 is 10.4 Å². The minimum atomic E-state index is -2.42. The molecule has 0 fully saturated rings. The van der Waals surface area contributed by atoms with Crippen molar-refractivity contribution in [2.45, 2.75) is 25.8 Å². The van der Waals surface area contributed by atoms with Crippen molar-refractivity contribution in [3.63, 3.8) is 0 Å². The molecule has 3 rings (SSSR count). The topological polar surface area (TPSA) is 17.1 Å². The van der Waals surface area contributed by atoms with Gasteiger partial charge in [-0.25, -0.2) is 0 Å². The van der Waals surface area contributed by atoms with E-state index in [9.17, 15) is 4.79 Å². The lowest BCUT2D eigenvalue weighted by Crippen LogP contribution is -2.63. The second-order valence-corrected chi connectivity index (χ2v) is 12.5. The van der Waals surface area contributed by atoms with Crippen LogP contribution in [0.5, 0.6) is 0 Å². The lowest BCUT2D eigenvalue weighted by atomic mass is 10.1. The van der Waals surface area contributed by atoms with Gasteiger partial charge in [0.1, 0.15) is 0 Å². The zero-order valence-electron chi connectivity index (χ0n) is 17.2. The number of rotatable bonds is 4. The summed E-state index contributed by atoms with van der Waals surface area (Å²) in [5, 5.41) is 2.54. The largest absolute Gasteiger partial charge is 0.289 e. The first-order chi connectivity index (χ1) is 13.9. The van der Waals surface area contributed by atoms with Gasteiger partial charge in [-0.05, 0) is 27.6 Å². The third-order valence-corrected chi connectivity index (χ3v) is 10.3. The van der Waals surface area contributed by atoms with Crippen LogP contribution in [0.2, 0.25) is 5.04 Å². The average molecular weight is 395 g/mol. The van der Waals surface area contributed by atoms with Crippen LogP contribution in [0.3, 0.4) is 0 Å². The second kappa shape index (κ2) is 8.90. The number of allylic oxidation sites excluding steroid dienone is 2. The van der Waals surface area contributed by atoms with E-state index in [2.05, 4.69) is 80.8 Å². The monoisotopic (exact) mass is 394 g/mol. The van der Waals surface area contributed by atoms with E-state index in [4.69, 9.17) is 0 Å². The Morgan fingerprint density at radius 2 is 1.21 bits per heavy atom. The molecule has 0 spiro atoms. The minimum absolute atomic E-state index is 0.0256. The van der Waals surface area contributed by atoms with E-state index in [0.717, 1.165) is 0 Å². The van der Waals surface area contributed by atoms with Crippen LogP contribution in [0.15, 0.2) is 103 Å². The van der Waals surface area contributed by atoms with E-state index < -0.39 is 8.07 Å². The molecule has 0 radical (unpaired) electrons. The van der Waals surface area contributed by atoms with Gasteiger partial charge < -0.3 is 0 Å². The maximum absolute atomic E-state index is 12.4. The van der Waals surface area contributed by atoms with Crippen molar-refractivity contribution in [3.05, 3.63) is 109 Å². The number of carbonyl (C=O) groups is 1. The fraction of sp³-hybridized carbons (Fsp3) is 0.148. The zero-order valence-corrected chi connectivity index (χ0v) is 18.2. The van der Waals surface area contributed by atoms with Crippen LogP contribution in [0.1, 0.15) is 31.1 Å². The molecule has 3 aromatic rings. The summed E-state index contributed by atoms with van der Waals surface area (Å²) >= 11 is 0. The standard InChI is InChI=1S/C27H26OSi/c1-27(2,3)29(24-17-9-5-10-18-24,25-19-11-6-12-20-25)22-14-13-21-26(28)23-15-7-4-8-16-23/h4-13,15-21H,1-3H3/b21-13+. The average Bonchev–Trinajstić information content (AvgIpc) is 2.74. The highest BCUT2D eigenvalue weighted by atomic mass is 28.3. The van der Waals surface area contributed by atoms with Crippen LogP contribution >= 0.6 is 0 Å². The van der Waals surface area contributed by atoms with Gasteiger partial charge in [0.05, 0.1) is 0 Å². The molecule has 144 valence electrons. The van der Waals surface area contributed by atoms with Gasteiger partial charge in [0, 0.05) is 5.56 Å². The van der Waals surface area contributed by atoms with Gasteiger partial charge in [-0.15, -0.1) is 5.54 Å². The van der Waals surface area contributed by atoms with Crippen molar-refractivity contribution in [2.24, 2.45) is 0 Å². The highest BCUT2D eigenvalue weighted by Gasteiger charge is 2.46. The van der Waals surface area contributed by atoms with Gasteiger partial charge in [0.25, 0.3) is 0 Å². The van der Waals surface area contributed by atoms with Crippen molar-refractivity contribution in [1.82, 2.24) is 0 Å². The molecule has 3 aromatic carbocycles. The van der Waals surface area contributed by atoms with Gasteiger partial charge in [0.15, 0.2) is 5.78 Å². The van der Waals surface area contributed by atoms with Crippen molar-refractivity contribution < 1.29 is 4.79 Å². The molecule has 0 aliphatic rings. The summed E-state index contributed by atoms with van der Waals surface area (Å²) < 4.78 is 0. The van der Waals surface area contributed by atoms with E-state index in [0.29, 0.717) is 5.56 Å². The molecule has 29 heavy (non-hydrogen) atoms. The maximum Gasteiger partial charge on any atom is 0.204 e. The summed E-state index contributed by atoms with van der Waals surface area (Å²) in [5.41, 5.74) is 4.34. The molecule has 0 amide bonds. The molecule has 0 heterocycles. The lowest BCUT2D eigenvalue weighted by molar-refractivity contribution is 0.104. The predicted molar refractivity (Wildman–Crippen MR) is 125 cm³/mol. The number of hydrogen-bond acceptors (Lipinski definition) is 1. The van der Waals surface area contributed by atoms with Gasteiger partial charge in [0.2, 0.25) is 8.07 Å². The van der Waals surface area contributed by atoms with Gasteiger partial charge >= 0.3 is 0 Å². The summed E-state index contributed by atoms with van der Waals surface area (Å²) in [7, 11) is -2.42. The lowest BCUT2D eigenvalue weighted by Gasteiger charge is -2.39. The summed E-state index contributed by atoms with van der Waals surface area (Å²) in [6.45, 7) is 6.81. The van der Waals surface area contributed by atoms with E-state index in [1.165, 1.54) is 10.4 Å². The molecule has 0 aliphatic heterocycles. The first kappa shape index (κ1) is 20.6. The van der Waals surface area contributed by atoms with Gasteiger partial charge in [-0.1, -0.05) is 118 Å². The van der Waals surface area contributed by atoms with E-state index >= 15 is 0 Å². The number of benzene rings is 3. The summed E-state index contributed by atoms with van der Waals surface area (Å²) in [5.74, 6) is 3.22. The Morgan fingerprint density at radius 3 is 1.66 bits per heavy atom. The molecule has 0 N–H and O–H groups in total. The molecule has 0 bridgehead atoms. The molecular weight excluding hydrogens is 368 g/mol. The van der Waals surface area contributed by atoms with Crippen molar-refractivity contribution in [3.8, 4) is 11.5 Å². The molecular formula is C27H26OSi. The Balaban J connectivity index is 2.07. The van der Waals surface area contributed by atoms with Gasteiger partial charge in [-0.3, -0.25) is 4.79 Å². The van der Waals surface area contributed by atoms with Gasteiger partial charge in [-0.2, -0.15) is 0 Å². The maximum atomic E-state index is 12.4. The van der Waals surface area contributed by atoms with Crippen LogP contribution in [0.25, 0.3) is 0 Å². The minimum Gasteiger partial charge on any atom is -0.289 e. The summed E-state index contributed by atoms with van der Waals surface area (Å²) in [4.78, 5) is 12.4. The molecule has 0 atom stereocenters. The Kier molecular flexibility index (Phi) is 6.31. The third-order valence-electron chi connectivity index (χ3n) is 5.17. The fourth-order valence-electron chi connectivity index (χ4n) is 3.71. The third kappa shape index (κ3) is 4.47. The van der Waals surface area contributed by atoms with Crippen molar-refractivity contribution in [2.75, 3.05) is 0 Å². The van der Waals surface area contributed by atoms with E-state index in [1.807, 2.05) is 42.5 Å². The molecule has 0 aliphatic carbocycles. The summed E-state index contributed by atoms with van der Waals surface area (Å²) in [6, 6.07) is 30.5. The highest BCUT2D eigenvalue weighted by molar-refractivity contribution is 7.10. The Labute approximate surface area is 175 Å². The normalized spacial score (nSPS) is 11.7. The Morgan fingerprint density at radius 1 is 0.759 bits per heavy atom. The zero-order chi connectivity index (χ0) is 20.7. The molecule has 1 nitrogen and oxygen atoms in total. The van der Waals surface area contributed by atoms with E-state index in [-0.39, 0.29) is 10.8 Å². The van der Waals surface area contributed by atoms with Crippen LogP contribution in [0, 0.1) is 11.5 Å². The first-order valence-electron chi connectivity index (χ1n) is 9.85. The number of hydrogen-bond donors (Lipinski definition) is 0. The predicted octanol–water partition coefficient (Wildman–Crippen LogP) is 5.03. The van der Waals surface area contributed by atoms with Crippen LogP contribution in [-0.4, -0.2) is 13.9 Å². The SMILES string of the molecule is CC(C)(C)[Si](C#C/C=C/C(=O)c1ccccc1)(c1ccccc1)c1ccccc1. The number of ketones is 1. The second-order valence-electron chi connectivity index (χ2n) is 8.06. The molecule has 2 heteroatoms. The smallest absolute Gasteiger partial charge is 0.204 e. The first-order valence-corrected chi connectivity index (χ1v) is 11.8. The number of carbonyl (C=O) groups excluding carboxylic acids is 1. The highest BCUT2D eigenvalue weighted by Crippen LogP contribution is 2.35. The molecule has 0 saturated heterocycles. The van der Waals surface area contributed by atoms with E-state index in [1.54, 1.807) is 12.2 Å². The Hall–Kier alpha value is -3.15. The van der Waals surface area contributed by atoms with Crippen LogP contribution in [0.4, 0.5) is 0 Å². The quantitative estimate of drug-likeness (QED) is 0.262. The Bertz CT molecular complexity index is 994. The summed E-state index contributed by atoms with van der Waals surface area (Å²) in [6.07, 6.45) is 3.27. The molecule has 0 aromatic heterocycles. The van der Waals surface area contributed by atoms with Crippen molar-refractivity contribution >= 4 is 24.2 Å². The molecule has 0 unspecified atom stereocenters. The van der Waals surface area contributed by atoms with Crippen LogP contribution in [-0.2, 0) is 0 Å². The van der Waals surface area contributed by atoms with Crippen molar-refractivity contribution in [1.29, 1.82) is 0 Å². The molecule has 0 saturated carbocycles. The fourth-order valence-corrected chi connectivity index (χ4v) is 8.12.